The van der Waals surface area contributed by atoms with Crippen LogP contribution in [0.1, 0.15) is 31.1 Å². The lowest BCUT2D eigenvalue weighted by Crippen LogP contribution is -2.53. The van der Waals surface area contributed by atoms with Crippen LogP contribution in [-0.2, 0) is 20.7 Å². The first-order valence-electron chi connectivity index (χ1n) is 9.93. The summed E-state index contributed by atoms with van der Waals surface area (Å²) in [5.41, 5.74) is 2.30. The summed E-state index contributed by atoms with van der Waals surface area (Å²) in [5.74, 6) is 0.103. The zero-order chi connectivity index (χ0) is 20.8. The van der Waals surface area contributed by atoms with Gasteiger partial charge in [0.15, 0.2) is 0 Å². The molecule has 0 radical (unpaired) electrons. The number of carbonyl (C=O) groups is 2. The molecule has 0 aromatic heterocycles. The van der Waals surface area contributed by atoms with Crippen LogP contribution in [0.15, 0.2) is 54.6 Å². The Morgan fingerprint density at radius 1 is 1.17 bits per heavy atom. The highest BCUT2D eigenvalue weighted by atomic mass is 16.5. The van der Waals surface area contributed by atoms with Gasteiger partial charge in [0.25, 0.3) is 0 Å². The van der Waals surface area contributed by atoms with Gasteiger partial charge in [0.05, 0.1) is 19.1 Å². The minimum atomic E-state index is -0.855. The molecule has 0 unspecified atom stereocenters. The molecule has 1 saturated heterocycles. The molecule has 2 amide bonds. The molecular weight excluding hydrogens is 368 g/mol. The van der Waals surface area contributed by atoms with Crippen molar-refractivity contribution in [1.29, 1.82) is 0 Å². The Morgan fingerprint density at radius 3 is 2.52 bits per heavy atom. The van der Waals surface area contributed by atoms with Gasteiger partial charge in [0.1, 0.15) is 12.7 Å². The molecule has 0 bridgehead atoms. The van der Waals surface area contributed by atoms with E-state index in [1.54, 1.807) is 29.2 Å². The van der Waals surface area contributed by atoms with Gasteiger partial charge in [0.2, 0.25) is 11.8 Å². The molecule has 2 aromatic carbocycles. The van der Waals surface area contributed by atoms with Crippen molar-refractivity contribution in [3.63, 3.8) is 0 Å². The fraction of sp³-hybridized carbons (Fsp3) is 0.391. The van der Waals surface area contributed by atoms with Gasteiger partial charge in [-0.05, 0) is 29.2 Å². The van der Waals surface area contributed by atoms with E-state index in [0.717, 1.165) is 5.56 Å². The molecule has 0 saturated carbocycles. The van der Waals surface area contributed by atoms with Crippen LogP contribution in [0.5, 0.6) is 0 Å². The molecule has 3 rings (SSSR count). The minimum Gasteiger partial charge on any atom is -0.386 e. The Morgan fingerprint density at radius 2 is 1.86 bits per heavy atom. The Bertz CT molecular complexity index is 821. The van der Waals surface area contributed by atoms with Crippen LogP contribution in [0.4, 0.5) is 5.69 Å². The van der Waals surface area contributed by atoms with Crippen LogP contribution in [-0.4, -0.2) is 47.6 Å². The van der Waals surface area contributed by atoms with Crippen molar-refractivity contribution >= 4 is 17.5 Å². The first-order valence-corrected chi connectivity index (χ1v) is 9.93. The summed E-state index contributed by atoms with van der Waals surface area (Å²) in [4.78, 5) is 26.2. The van der Waals surface area contributed by atoms with Gasteiger partial charge >= 0.3 is 0 Å². The molecule has 1 heterocycles. The quantitative estimate of drug-likeness (QED) is 0.754. The van der Waals surface area contributed by atoms with Crippen LogP contribution in [0.3, 0.4) is 0 Å². The molecular formula is C23H28N2O4. The molecule has 0 aliphatic carbocycles. The second-order valence-electron chi connectivity index (χ2n) is 7.80. The molecule has 6 nitrogen and oxygen atoms in total. The van der Waals surface area contributed by atoms with Crippen LogP contribution < -0.4 is 5.32 Å². The summed E-state index contributed by atoms with van der Waals surface area (Å²) in [6, 6.07) is 16.2. The van der Waals surface area contributed by atoms with Crippen LogP contribution in [0.25, 0.3) is 0 Å². The van der Waals surface area contributed by atoms with Crippen LogP contribution in [0.2, 0.25) is 0 Å². The maximum absolute atomic E-state index is 12.2. The summed E-state index contributed by atoms with van der Waals surface area (Å²) in [6.07, 6.45) is -0.552. The maximum Gasteiger partial charge on any atom is 0.249 e. The second-order valence-corrected chi connectivity index (χ2v) is 7.80. The van der Waals surface area contributed by atoms with Crippen molar-refractivity contribution in [2.24, 2.45) is 5.92 Å². The average Bonchev–Trinajstić information content (AvgIpc) is 2.70. The first-order chi connectivity index (χ1) is 13.9. The number of morpholine rings is 1. The number of rotatable bonds is 7. The normalized spacial score (nSPS) is 18.0. The summed E-state index contributed by atoms with van der Waals surface area (Å²) in [6.45, 7) is 5.02. The van der Waals surface area contributed by atoms with Gasteiger partial charge in [-0.15, -0.1) is 0 Å². The van der Waals surface area contributed by atoms with Gasteiger partial charge in [-0.1, -0.05) is 56.3 Å². The molecule has 2 atom stereocenters. The van der Waals surface area contributed by atoms with E-state index in [0.29, 0.717) is 36.7 Å². The SMILES string of the molecule is CC(C)CN1C(=O)COC[C@@H]1[C@H](O)c1ccc(NC(=O)Cc2ccccc2)cc1. The van der Waals surface area contributed by atoms with Gasteiger partial charge in [-0.2, -0.15) is 0 Å². The molecule has 2 aromatic rings. The van der Waals surface area contributed by atoms with Gasteiger partial charge in [0, 0.05) is 12.2 Å². The zero-order valence-electron chi connectivity index (χ0n) is 16.9. The third-order valence-corrected chi connectivity index (χ3v) is 4.90. The number of anilines is 1. The van der Waals surface area contributed by atoms with E-state index < -0.39 is 12.1 Å². The third-order valence-electron chi connectivity index (χ3n) is 4.90. The number of aliphatic hydroxyl groups excluding tert-OH is 1. The molecule has 6 heteroatoms. The van der Waals surface area contributed by atoms with Crippen molar-refractivity contribution in [2.75, 3.05) is 25.1 Å². The lowest BCUT2D eigenvalue weighted by molar-refractivity contribution is -0.155. The molecule has 154 valence electrons. The van der Waals surface area contributed by atoms with Crippen LogP contribution in [0, 0.1) is 5.92 Å². The minimum absolute atomic E-state index is 0.0579. The van der Waals surface area contributed by atoms with E-state index in [4.69, 9.17) is 4.74 Å². The summed E-state index contributed by atoms with van der Waals surface area (Å²) >= 11 is 0. The predicted octanol–water partition coefficient (Wildman–Crippen LogP) is 2.78. The summed E-state index contributed by atoms with van der Waals surface area (Å²) < 4.78 is 5.37. The lowest BCUT2D eigenvalue weighted by Gasteiger charge is -2.39. The Kier molecular flexibility index (Phi) is 7.01. The van der Waals surface area contributed by atoms with Crippen molar-refractivity contribution in [3.05, 3.63) is 65.7 Å². The molecule has 0 spiro atoms. The van der Waals surface area contributed by atoms with E-state index in [1.165, 1.54) is 0 Å². The second kappa shape index (κ2) is 9.67. The molecule has 1 fully saturated rings. The van der Waals surface area contributed by atoms with E-state index in [9.17, 15) is 14.7 Å². The topological polar surface area (TPSA) is 78.9 Å². The van der Waals surface area contributed by atoms with Crippen molar-refractivity contribution in [1.82, 2.24) is 4.90 Å². The summed E-state index contributed by atoms with van der Waals surface area (Å²) in [5, 5.41) is 13.7. The number of amides is 2. The third kappa shape index (κ3) is 5.65. The highest BCUT2D eigenvalue weighted by molar-refractivity contribution is 5.92. The molecule has 1 aliphatic rings. The number of nitrogens with one attached hydrogen (secondary N) is 1. The van der Waals surface area contributed by atoms with Gasteiger partial charge in [-0.25, -0.2) is 0 Å². The van der Waals surface area contributed by atoms with E-state index in [-0.39, 0.29) is 18.4 Å². The fourth-order valence-electron chi connectivity index (χ4n) is 3.49. The largest absolute Gasteiger partial charge is 0.386 e. The Balaban J connectivity index is 1.64. The first kappa shape index (κ1) is 21.0. The zero-order valence-corrected chi connectivity index (χ0v) is 16.9. The molecule has 29 heavy (non-hydrogen) atoms. The van der Waals surface area contributed by atoms with Crippen LogP contribution >= 0.6 is 0 Å². The standard InChI is InChI=1S/C23H28N2O4/c1-16(2)13-25-20(14-29-15-22(25)27)23(28)18-8-10-19(11-9-18)24-21(26)12-17-6-4-3-5-7-17/h3-11,16,20,23,28H,12-15H2,1-2H3,(H,24,26)/t20-,23-/m1/s1. The van der Waals surface area contributed by atoms with E-state index in [2.05, 4.69) is 5.32 Å². The molecule has 1 aliphatic heterocycles. The number of carbonyl (C=O) groups excluding carboxylic acids is 2. The highest BCUT2D eigenvalue weighted by Crippen LogP contribution is 2.26. The van der Waals surface area contributed by atoms with Gasteiger partial charge in [-0.3, -0.25) is 9.59 Å². The molecule has 2 N–H and O–H groups in total. The monoisotopic (exact) mass is 396 g/mol. The summed E-state index contributed by atoms with van der Waals surface area (Å²) in [7, 11) is 0. The van der Waals surface area contributed by atoms with Crippen molar-refractivity contribution in [2.45, 2.75) is 32.4 Å². The number of hydrogen-bond acceptors (Lipinski definition) is 4. The number of aliphatic hydroxyl groups is 1. The predicted molar refractivity (Wildman–Crippen MR) is 111 cm³/mol. The smallest absolute Gasteiger partial charge is 0.249 e. The Hall–Kier alpha value is -2.70. The van der Waals surface area contributed by atoms with Crippen molar-refractivity contribution in [3.8, 4) is 0 Å². The average molecular weight is 396 g/mol. The number of nitrogens with zero attached hydrogens (tertiary/aromatic N) is 1. The Labute approximate surface area is 171 Å². The van der Waals surface area contributed by atoms with Crippen molar-refractivity contribution < 1.29 is 19.4 Å². The highest BCUT2D eigenvalue weighted by Gasteiger charge is 2.34. The lowest BCUT2D eigenvalue weighted by atomic mass is 9.99. The number of benzene rings is 2. The van der Waals surface area contributed by atoms with Gasteiger partial charge < -0.3 is 20.1 Å². The van der Waals surface area contributed by atoms with E-state index >= 15 is 0 Å². The maximum atomic E-state index is 12.2. The fourth-order valence-corrected chi connectivity index (χ4v) is 3.49. The van der Waals surface area contributed by atoms with E-state index in [1.807, 2.05) is 44.2 Å². The number of hydrogen-bond donors (Lipinski definition) is 2. The number of ether oxygens (including phenoxy) is 1.